The average Bonchev–Trinajstić information content (AvgIpc) is 2.61. The highest BCUT2D eigenvalue weighted by molar-refractivity contribution is 5.85. The van der Waals surface area contributed by atoms with E-state index in [4.69, 9.17) is 10.2 Å². The van der Waals surface area contributed by atoms with E-state index in [1.165, 1.54) is 0 Å². The molecule has 1 amide bonds. The summed E-state index contributed by atoms with van der Waals surface area (Å²) in [6.07, 6.45) is 1.69. The number of oxazole rings is 1. The van der Waals surface area contributed by atoms with Gasteiger partial charge in [-0.25, -0.2) is 4.98 Å². The van der Waals surface area contributed by atoms with Gasteiger partial charge in [0.05, 0.1) is 18.8 Å². The predicted octanol–water partition coefficient (Wildman–Crippen LogP) is 1.36. The Morgan fingerprint density at radius 2 is 2.18 bits per heavy atom. The zero-order chi connectivity index (χ0) is 12.3. The van der Waals surface area contributed by atoms with Crippen LogP contribution >= 0.6 is 12.4 Å². The number of nitrogens with zero attached hydrogens (tertiary/aromatic N) is 1. The van der Waals surface area contributed by atoms with Crippen molar-refractivity contribution in [2.24, 2.45) is 5.73 Å². The van der Waals surface area contributed by atoms with Gasteiger partial charge in [-0.2, -0.15) is 0 Å². The zero-order valence-electron chi connectivity index (χ0n) is 10.6. The fraction of sp³-hybridized carbons (Fsp3) is 0.636. The molecular weight excluding hydrogens is 242 g/mol. The lowest BCUT2D eigenvalue weighted by Crippen LogP contribution is -2.37. The molecule has 1 atom stereocenters. The van der Waals surface area contributed by atoms with E-state index in [2.05, 4.69) is 10.3 Å². The first-order valence-corrected chi connectivity index (χ1v) is 5.29. The Labute approximate surface area is 108 Å². The number of carbonyl (C=O) groups is 1. The number of hydrogen-bond donors (Lipinski definition) is 2. The van der Waals surface area contributed by atoms with Gasteiger partial charge >= 0.3 is 0 Å². The maximum atomic E-state index is 11.2. The van der Waals surface area contributed by atoms with Crippen LogP contribution in [0.1, 0.15) is 39.3 Å². The molecule has 0 spiro atoms. The van der Waals surface area contributed by atoms with Gasteiger partial charge in [-0.1, -0.05) is 20.8 Å². The quantitative estimate of drug-likeness (QED) is 0.861. The van der Waals surface area contributed by atoms with Gasteiger partial charge in [-0.3, -0.25) is 4.79 Å². The minimum atomic E-state index is -0.517. The molecule has 0 unspecified atom stereocenters. The molecule has 0 fully saturated rings. The van der Waals surface area contributed by atoms with Crippen LogP contribution in [0.3, 0.4) is 0 Å². The summed E-state index contributed by atoms with van der Waals surface area (Å²) in [6.45, 7) is 8.02. The van der Waals surface area contributed by atoms with Crippen molar-refractivity contribution in [3.63, 3.8) is 0 Å². The number of aromatic nitrogens is 1. The number of carbonyl (C=O) groups excluding carboxylic acids is 1. The summed E-state index contributed by atoms with van der Waals surface area (Å²) in [6, 6.07) is -0.517. The van der Waals surface area contributed by atoms with E-state index in [1.54, 1.807) is 13.1 Å². The van der Waals surface area contributed by atoms with E-state index in [0.717, 1.165) is 5.76 Å². The van der Waals surface area contributed by atoms with Gasteiger partial charge in [0.2, 0.25) is 11.8 Å². The molecule has 1 aromatic rings. The molecule has 1 rings (SSSR count). The lowest BCUT2D eigenvalue weighted by molar-refractivity contribution is -0.122. The van der Waals surface area contributed by atoms with Gasteiger partial charge in [-0.15, -0.1) is 12.4 Å². The first-order chi connectivity index (χ1) is 7.30. The van der Waals surface area contributed by atoms with Crippen LogP contribution in [0.5, 0.6) is 0 Å². The second-order valence-corrected chi connectivity index (χ2v) is 4.87. The molecule has 17 heavy (non-hydrogen) atoms. The van der Waals surface area contributed by atoms with Crippen molar-refractivity contribution >= 4 is 18.3 Å². The molecule has 6 heteroatoms. The van der Waals surface area contributed by atoms with Crippen molar-refractivity contribution in [1.82, 2.24) is 10.3 Å². The highest BCUT2D eigenvalue weighted by Gasteiger charge is 2.19. The van der Waals surface area contributed by atoms with E-state index in [9.17, 15) is 4.79 Å². The van der Waals surface area contributed by atoms with Crippen LogP contribution in [0.15, 0.2) is 10.6 Å². The fourth-order valence-electron chi connectivity index (χ4n) is 1.06. The van der Waals surface area contributed by atoms with Crippen molar-refractivity contribution in [2.75, 3.05) is 0 Å². The van der Waals surface area contributed by atoms with E-state index < -0.39 is 6.04 Å². The van der Waals surface area contributed by atoms with Gasteiger partial charge < -0.3 is 15.5 Å². The molecule has 0 aromatic carbocycles. The summed E-state index contributed by atoms with van der Waals surface area (Å²) in [5.41, 5.74) is 5.34. The summed E-state index contributed by atoms with van der Waals surface area (Å²) < 4.78 is 5.51. The molecule has 0 aliphatic rings. The van der Waals surface area contributed by atoms with Crippen LogP contribution < -0.4 is 11.1 Å². The molecule has 3 N–H and O–H groups in total. The van der Waals surface area contributed by atoms with Crippen molar-refractivity contribution < 1.29 is 9.21 Å². The summed E-state index contributed by atoms with van der Waals surface area (Å²) >= 11 is 0. The molecule has 98 valence electrons. The molecule has 0 bridgehead atoms. The van der Waals surface area contributed by atoms with Crippen LogP contribution in [0.4, 0.5) is 0 Å². The third-order valence-electron chi connectivity index (χ3n) is 2.12. The SMILES string of the molecule is C[C@@H](N)C(=O)NCc1ncc(C(C)(C)C)o1.Cl. The number of nitrogens with one attached hydrogen (secondary N) is 1. The highest BCUT2D eigenvalue weighted by atomic mass is 35.5. The normalized spacial score (nSPS) is 12.8. The molecule has 0 aliphatic heterocycles. The van der Waals surface area contributed by atoms with E-state index in [-0.39, 0.29) is 30.3 Å². The Bertz CT molecular complexity index is 369. The van der Waals surface area contributed by atoms with Crippen molar-refractivity contribution in [3.05, 3.63) is 17.8 Å². The molecule has 0 radical (unpaired) electrons. The van der Waals surface area contributed by atoms with Crippen LogP contribution in [-0.2, 0) is 16.8 Å². The van der Waals surface area contributed by atoms with E-state index >= 15 is 0 Å². The maximum absolute atomic E-state index is 11.2. The molecule has 0 saturated carbocycles. The highest BCUT2D eigenvalue weighted by Crippen LogP contribution is 2.22. The molecule has 0 aliphatic carbocycles. The third-order valence-corrected chi connectivity index (χ3v) is 2.12. The molecular formula is C11H20ClN3O2. The summed E-state index contributed by atoms with van der Waals surface area (Å²) in [5, 5.41) is 2.64. The Morgan fingerprint density at radius 3 is 2.59 bits per heavy atom. The van der Waals surface area contributed by atoms with Crippen molar-refractivity contribution in [3.8, 4) is 0 Å². The fourth-order valence-corrected chi connectivity index (χ4v) is 1.06. The van der Waals surface area contributed by atoms with Gasteiger partial charge in [-0.05, 0) is 6.92 Å². The van der Waals surface area contributed by atoms with Gasteiger partial charge in [0.15, 0.2) is 0 Å². The van der Waals surface area contributed by atoms with Crippen LogP contribution in [0.25, 0.3) is 0 Å². The Hall–Kier alpha value is -1.07. The lowest BCUT2D eigenvalue weighted by Gasteiger charge is -2.13. The molecule has 0 saturated heterocycles. The predicted molar refractivity (Wildman–Crippen MR) is 67.9 cm³/mol. The Kier molecular flexibility index (Phi) is 5.64. The van der Waals surface area contributed by atoms with Gasteiger partial charge in [0, 0.05) is 5.41 Å². The number of halogens is 1. The molecule has 1 heterocycles. The Morgan fingerprint density at radius 1 is 1.59 bits per heavy atom. The summed E-state index contributed by atoms with van der Waals surface area (Å²) in [4.78, 5) is 15.3. The minimum Gasteiger partial charge on any atom is -0.443 e. The lowest BCUT2D eigenvalue weighted by atomic mass is 9.94. The number of rotatable bonds is 3. The largest absolute Gasteiger partial charge is 0.443 e. The molecule has 5 nitrogen and oxygen atoms in total. The first-order valence-electron chi connectivity index (χ1n) is 5.29. The summed E-state index contributed by atoms with van der Waals surface area (Å²) in [7, 11) is 0. The van der Waals surface area contributed by atoms with Gasteiger partial charge in [0.1, 0.15) is 5.76 Å². The van der Waals surface area contributed by atoms with E-state index in [1.807, 2.05) is 20.8 Å². The van der Waals surface area contributed by atoms with Crippen molar-refractivity contribution in [2.45, 2.75) is 45.7 Å². The number of hydrogen-bond acceptors (Lipinski definition) is 4. The second-order valence-electron chi connectivity index (χ2n) is 4.87. The Balaban J connectivity index is 0.00000256. The number of amides is 1. The van der Waals surface area contributed by atoms with Crippen LogP contribution in [0, 0.1) is 0 Å². The monoisotopic (exact) mass is 261 g/mol. The standard InChI is InChI=1S/C11H19N3O2.ClH/c1-7(12)10(15)14-6-9-13-5-8(16-9)11(2,3)4;/h5,7H,6,12H2,1-4H3,(H,14,15);1H/t7-;/m1./s1. The van der Waals surface area contributed by atoms with Crippen molar-refractivity contribution in [1.29, 1.82) is 0 Å². The van der Waals surface area contributed by atoms with Crippen LogP contribution in [-0.4, -0.2) is 16.9 Å². The zero-order valence-corrected chi connectivity index (χ0v) is 11.4. The average molecular weight is 262 g/mol. The second kappa shape index (κ2) is 6.02. The smallest absolute Gasteiger partial charge is 0.237 e. The first kappa shape index (κ1) is 15.9. The van der Waals surface area contributed by atoms with E-state index in [0.29, 0.717) is 5.89 Å². The minimum absolute atomic E-state index is 0. The van der Waals surface area contributed by atoms with Gasteiger partial charge in [0.25, 0.3) is 0 Å². The number of nitrogens with two attached hydrogens (primary N) is 1. The van der Waals surface area contributed by atoms with Crippen LogP contribution in [0.2, 0.25) is 0 Å². The molecule has 1 aromatic heterocycles. The summed E-state index contributed by atoms with van der Waals surface area (Å²) in [5.74, 6) is 1.09. The maximum Gasteiger partial charge on any atom is 0.237 e. The third kappa shape index (κ3) is 4.75. The topological polar surface area (TPSA) is 81.2 Å².